The van der Waals surface area contributed by atoms with Gasteiger partial charge in [0.25, 0.3) is 5.91 Å². The highest BCUT2D eigenvalue weighted by molar-refractivity contribution is 6.31. The molecule has 3 aromatic rings. The number of aryl methyl sites for hydroxylation is 2. The van der Waals surface area contributed by atoms with Gasteiger partial charge in [-0.25, -0.2) is 0 Å². The highest BCUT2D eigenvalue weighted by Gasteiger charge is 2.25. The molecule has 2 heterocycles. The minimum absolute atomic E-state index is 0.130. The number of halogens is 1. The Bertz CT molecular complexity index is 1050. The van der Waals surface area contributed by atoms with Crippen molar-refractivity contribution in [2.75, 3.05) is 0 Å². The molecule has 0 saturated carbocycles. The molecule has 26 heavy (non-hydrogen) atoms. The molecule has 1 amide bonds. The van der Waals surface area contributed by atoms with Gasteiger partial charge in [0, 0.05) is 35.1 Å². The Labute approximate surface area is 155 Å². The van der Waals surface area contributed by atoms with E-state index in [9.17, 15) is 9.59 Å². The Morgan fingerprint density at radius 3 is 3.04 bits per heavy atom. The van der Waals surface area contributed by atoms with Crippen LogP contribution < -0.4 is 10.7 Å². The van der Waals surface area contributed by atoms with Crippen LogP contribution in [0.5, 0.6) is 0 Å². The third-order valence-electron chi connectivity index (χ3n) is 4.98. The minimum atomic E-state index is -0.363. The Hall–Kier alpha value is -2.53. The van der Waals surface area contributed by atoms with Crippen LogP contribution >= 0.6 is 11.6 Å². The molecule has 0 radical (unpaired) electrons. The highest BCUT2D eigenvalue weighted by atomic mass is 35.5. The van der Waals surface area contributed by atoms with Gasteiger partial charge in [0.1, 0.15) is 11.3 Å². The summed E-state index contributed by atoms with van der Waals surface area (Å²) in [6.45, 7) is 2.62. The number of aromatic nitrogens is 1. The number of nitrogens with zero attached hydrogens (tertiary/aromatic N) is 1. The maximum absolute atomic E-state index is 12.9. The fourth-order valence-electron chi connectivity index (χ4n) is 3.67. The summed E-state index contributed by atoms with van der Waals surface area (Å²) in [4.78, 5) is 25.8. The molecule has 0 saturated heterocycles. The fourth-order valence-corrected chi connectivity index (χ4v) is 3.84. The number of amides is 1. The molecule has 0 aliphatic heterocycles. The van der Waals surface area contributed by atoms with E-state index in [1.54, 1.807) is 24.6 Å². The summed E-state index contributed by atoms with van der Waals surface area (Å²) in [7, 11) is 0. The van der Waals surface area contributed by atoms with Crippen molar-refractivity contribution in [3.8, 4) is 0 Å². The molecule has 1 aromatic carbocycles. The standard InChI is InChI=1S/C20H19ClN2O3/c1-2-23-11-15(19(24)14-10-12(21)6-7-17(14)23)20(25)22-16-4-3-5-18-13(16)8-9-26-18/h6-11,16H,2-5H2,1H3,(H,22,25). The van der Waals surface area contributed by atoms with Crippen LogP contribution in [0.3, 0.4) is 0 Å². The van der Waals surface area contributed by atoms with Crippen LogP contribution in [0.4, 0.5) is 0 Å². The number of furan rings is 1. The third-order valence-corrected chi connectivity index (χ3v) is 5.22. The topological polar surface area (TPSA) is 64.2 Å². The maximum atomic E-state index is 12.9. The summed E-state index contributed by atoms with van der Waals surface area (Å²) in [6, 6.07) is 6.94. The Morgan fingerprint density at radius 1 is 1.38 bits per heavy atom. The van der Waals surface area contributed by atoms with Crippen LogP contribution in [-0.2, 0) is 13.0 Å². The summed E-state index contributed by atoms with van der Waals surface area (Å²) in [5, 5.41) is 3.94. The number of carbonyl (C=O) groups is 1. The number of hydrogen-bond donors (Lipinski definition) is 1. The van der Waals surface area contributed by atoms with Gasteiger partial charge in [0.05, 0.1) is 17.8 Å². The second-order valence-electron chi connectivity index (χ2n) is 6.54. The predicted octanol–water partition coefficient (Wildman–Crippen LogP) is 4.08. The maximum Gasteiger partial charge on any atom is 0.257 e. The molecule has 0 bridgehead atoms. The van der Waals surface area contributed by atoms with Gasteiger partial charge in [-0.05, 0) is 44.0 Å². The van der Waals surface area contributed by atoms with Crippen molar-refractivity contribution < 1.29 is 9.21 Å². The number of rotatable bonds is 3. The van der Waals surface area contributed by atoms with E-state index < -0.39 is 0 Å². The molecule has 134 valence electrons. The van der Waals surface area contributed by atoms with Gasteiger partial charge in [0.15, 0.2) is 0 Å². The van der Waals surface area contributed by atoms with Crippen LogP contribution in [0.15, 0.2) is 45.9 Å². The molecule has 2 aromatic heterocycles. The average Bonchev–Trinajstić information content (AvgIpc) is 3.12. The van der Waals surface area contributed by atoms with Crippen LogP contribution in [0.25, 0.3) is 10.9 Å². The van der Waals surface area contributed by atoms with E-state index in [2.05, 4.69) is 5.32 Å². The minimum Gasteiger partial charge on any atom is -0.469 e. The van der Waals surface area contributed by atoms with Gasteiger partial charge in [-0.1, -0.05) is 11.6 Å². The molecule has 5 nitrogen and oxygen atoms in total. The molecule has 0 spiro atoms. The zero-order valence-corrected chi connectivity index (χ0v) is 15.2. The monoisotopic (exact) mass is 370 g/mol. The van der Waals surface area contributed by atoms with Crippen molar-refractivity contribution in [1.29, 1.82) is 0 Å². The van der Waals surface area contributed by atoms with E-state index in [4.69, 9.17) is 16.0 Å². The van der Waals surface area contributed by atoms with E-state index in [1.165, 1.54) is 0 Å². The molecule has 6 heteroatoms. The first-order valence-corrected chi connectivity index (χ1v) is 9.16. The van der Waals surface area contributed by atoms with E-state index >= 15 is 0 Å². The van der Waals surface area contributed by atoms with Crippen molar-refractivity contribution in [2.24, 2.45) is 0 Å². The Morgan fingerprint density at radius 2 is 2.23 bits per heavy atom. The van der Waals surface area contributed by atoms with E-state index in [0.717, 1.165) is 36.1 Å². The Balaban J connectivity index is 1.74. The molecule has 0 fully saturated rings. The van der Waals surface area contributed by atoms with E-state index in [1.807, 2.05) is 23.6 Å². The molecule has 1 atom stereocenters. The quantitative estimate of drug-likeness (QED) is 0.755. The van der Waals surface area contributed by atoms with Gasteiger partial charge in [-0.3, -0.25) is 9.59 Å². The number of fused-ring (bicyclic) bond motifs is 2. The van der Waals surface area contributed by atoms with E-state index in [0.29, 0.717) is 17.0 Å². The number of benzene rings is 1. The van der Waals surface area contributed by atoms with Crippen LogP contribution in [0, 0.1) is 0 Å². The first-order chi connectivity index (χ1) is 12.6. The number of nitrogens with one attached hydrogen (secondary N) is 1. The summed E-state index contributed by atoms with van der Waals surface area (Å²) >= 11 is 6.06. The van der Waals surface area contributed by atoms with Gasteiger partial charge in [-0.2, -0.15) is 0 Å². The zero-order valence-electron chi connectivity index (χ0n) is 14.4. The molecule has 4 rings (SSSR count). The first-order valence-electron chi connectivity index (χ1n) is 8.78. The lowest BCUT2D eigenvalue weighted by Gasteiger charge is -2.23. The SMILES string of the molecule is CCn1cc(C(=O)NC2CCCc3occc32)c(=O)c2cc(Cl)ccc21. The second kappa shape index (κ2) is 6.65. The zero-order chi connectivity index (χ0) is 18.3. The van der Waals surface area contributed by atoms with Gasteiger partial charge in [-0.15, -0.1) is 0 Å². The largest absolute Gasteiger partial charge is 0.469 e. The third kappa shape index (κ3) is 2.82. The average molecular weight is 371 g/mol. The van der Waals surface area contributed by atoms with E-state index in [-0.39, 0.29) is 22.9 Å². The van der Waals surface area contributed by atoms with Crippen molar-refractivity contribution in [3.63, 3.8) is 0 Å². The first kappa shape index (κ1) is 16.9. The Kier molecular flexibility index (Phi) is 4.32. The molecular formula is C20H19ClN2O3. The number of hydrogen-bond acceptors (Lipinski definition) is 3. The normalized spacial score (nSPS) is 16.5. The molecule has 1 N–H and O–H groups in total. The molecular weight excluding hydrogens is 352 g/mol. The summed E-state index contributed by atoms with van der Waals surface area (Å²) in [6.07, 6.45) is 5.94. The highest BCUT2D eigenvalue weighted by Crippen LogP contribution is 2.30. The summed E-state index contributed by atoms with van der Waals surface area (Å²) < 4.78 is 7.37. The molecule has 1 unspecified atom stereocenters. The number of pyridine rings is 1. The summed E-state index contributed by atoms with van der Waals surface area (Å²) in [5.74, 6) is 0.552. The summed E-state index contributed by atoms with van der Waals surface area (Å²) in [5.41, 5.74) is 1.61. The predicted molar refractivity (Wildman–Crippen MR) is 101 cm³/mol. The lowest BCUT2D eigenvalue weighted by molar-refractivity contribution is 0.0930. The van der Waals surface area contributed by atoms with Crippen molar-refractivity contribution in [1.82, 2.24) is 9.88 Å². The van der Waals surface area contributed by atoms with Gasteiger partial charge >= 0.3 is 0 Å². The van der Waals surface area contributed by atoms with Gasteiger partial charge in [0.2, 0.25) is 5.43 Å². The lowest BCUT2D eigenvalue weighted by atomic mass is 9.93. The van der Waals surface area contributed by atoms with Crippen LogP contribution in [-0.4, -0.2) is 10.5 Å². The van der Waals surface area contributed by atoms with Crippen LogP contribution in [0.2, 0.25) is 5.02 Å². The van der Waals surface area contributed by atoms with Crippen molar-refractivity contribution in [2.45, 2.75) is 38.8 Å². The van der Waals surface area contributed by atoms with Crippen LogP contribution in [0.1, 0.15) is 47.5 Å². The smallest absolute Gasteiger partial charge is 0.257 e. The van der Waals surface area contributed by atoms with Gasteiger partial charge < -0.3 is 14.3 Å². The fraction of sp³-hybridized carbons (Fsp3) is 0.300. The molecule has 1 aliphatic rings. The lowest BCUT2D eigenvalue weighted by Crippen LogP contribution is -2.34. The van der Waals surface area contributed by atoms with Crippen molar-refractivity contribution in [3.05, 3.63) is 68.9 Å². The molecule has 1 aliphatic carbocycles. The number of carbonyl (C=O) groups excluding carboxylic acids is 1. The van der Waals surface area contributed by atoms with Crippen molar-refractivity contribution >= 4 is 28.4 Å². The second-order valence-corrected chi connectivity index (χ2v) is 6.97.